The van der Waals surface area contributed by atoms with E-state index in [-0.39, 0.29) is 5.56 Å². The summed E-state index contributed by atoms with van der Waals surface area (Å²) in [4.78, 5) is 21.5. The number of hydrogen-bond donors (Lipinski definition) is 2. The largest absolute Gasteiger partial charge is 0.478 e. The van der Waals surface area contributed by atoms with Gasteiger partial charge in [0.15, 0.2) is 0 Å². The van der Waals surface area contributed by atoms with Gasteiger partial charge in [0.2, 0.25) is 10.0 Å². The molecule has 0 heterocycles. The standard InChI is InChI=1S/C12H14FNO6S/c1-6-9(13)4-8(11(15)16)5-10(6)21(18,19)14-7(2)12(17)20-3/h4-5,7,14H,1-3H3,(H,15,16). The lowest BCUT2D eigenvalue weighted by molar-refractivity contribution is -0.142. The molecular formula is C12H14FNO6S. The SMILES string of the molecule is COC(=O)C(C)NS(=O)(=O)c1cc(C(=O)O)cc(F)c1C. The molecule has 1 aromatic rings. The maximum Gasteiger partial charge on any atom is 0.335 e. The maximum absolute atomic E-state index is 13.6. The van der Waals surface area contributed by atoms with Crippen molar-refractivity contribution < 1.29 is 32.2 Å². The van der Waals surface area contributed by atoms with Gasteiger partial charge in [0.05, 0.1) is 17.6 Å². The predicted octanol–water partition coefficient (Wildman–Crippen LogP) is 0.672. The number of carboxylic acids is 1. The summed E-state index contributed by atoms with van der Waals surface area (Å²) in [6, 6.07) is 0.351. The second kappa shape index (κ2) is 6.19. The number of hydrogen-bond acceptors (Lipinski definition) is 5. The fraction of sp³-hybridized carbons (Fsp3) is 0.333. The van der Waals surface area contributed by atoms with Crippen LogP contribution < -0.4 is 4.72 Å². The van der Waals surface area contributed by atoms with Crippen LogP contribution in [0, 0.1) is 12.7 Å². The number of esters is 1. The second-order valence-corrected chi connectivity index (χ2v) is 5.93. The van der Waals surface area contributed by atoms with E-state index < -0.39 is 44.3 Å². The number of carbonyl (C=O) groups is 2. The van der Waals surface area contributed by atoms with Crippen LogP contribution in [0.3, 0.4) is 0 Å². The minimum Gasteiger partial charge on any atom is -0.478 e. The molecule has 21 heavy (non-hydrogen) atoms. The summed E-state index contributed by atoms with van der Waals surface area (Å²) in [6.07, 6.45) is 0. The molecule has 1 aromatic carbocycles. The predicted molar refractivity (Wildman–Crippen MR) is 69.9 cm³/mol. The van der Waals surface area contributed by atoms with E-state index in [1.807, 2.05) is 4.72 Å². The van der Waals surface area contributed by atoms with Gasteiger partial charge in [-0.05, 0) is 26.0 Å². The van der Waals surface area contributed by atoms with Gasteiger partial charge < -0.3 is 9.84 Å². The summed E-state index contributed by atoms with van der Waals surface area (Å²) in [7, 11) is -3.19. The van der Waals surface area contributed by atoms with Crippen LogP contribution in [-0.4, -0.2) is 38.6 Å². The molecule has 1 unspecified atom stereocenters. The maximum atomic E-state index is 13.6. The van der Waals surface area contributed by atoms with Crippen molar-refractivity contribution in [2.75, 3.05) is 7.11 Å². The molecule has 0 bridgehead atoms. The molecule has 0 spiro atoms. The Labute approximate surface area is 120 Å². The number of methoxy groups -OCH3 is 1. The van der Waals surface area contributed by atoms with Gasteiger partial charge in [-0.2, -0.15) is 4.72 Å². The van der Waals surface area contributed by atoms with E-state index in [0.717, 1.165) is 19.2 Å². The molecule has 116 valence electrons. The first-order chi connectivity index (χ1) is 9.60. The molecule has 0 amide bonds. The van der Waals surface area contributed by atoms with Crippen LogP contribution in [-0.2, 0) is 19.6 Å². The van der Waals surface area contributed by atoms with Gasteiger partial charge in [-0.25, -0.2) is 17.6 Å². The lowest BCUT2D eigenvalue weighted by atomic mass is 10.1. The average molecular weight is 319 g/mol. The molecule has 1 atom stereocenters. The molecule has 0 aliphatic heterocycles. The van der Waals surface area contributed by atoms with Gasteiger partial charge >= 0.3 is 11.9 Å². The molecule has 0 saturated heterocycles. The average Bonchev–Trinajstić information content (AvgIpc) is 2.39. The van der Waals surface area contributed by atoms with Crippen molar-refractivity contribution in [3.63, 3.8) is 0 Å². The highest BCUT2D eigenvalue weighted by molar-refractivity contribution is 7.89. The van der Waals surface area contributed by atoms with Crippen LogP contribution in [0.15, 0.2) is 17.0 Å². The molecule has 0 aliphatic carbocycles. The molecular weight excluding hydrogens is 305 g/mol. The van der Waals surface area contributed by atoms with E-state index in [0.29, 0.717) is 0 Å². The Morgan fingerprint density at radius 2 is 1.95 bits per heavy atom. The summed E-state index contributed by atoms with van der Waals surface area (Å²) >= 11 is 0. The summed E-state index contributed by atoms with van der Waals surface area (Å²) in [5.74, 6) is -3.27. The van der Waals surface area contributed by atoms with Gasteiger partial charge in [-0.1, -0.05) is 0 Å². The van der Waals surface area contributed by atoms with Crippen molar-refractivity contribution in [3.05, 3.63) is 29.1 Å². The Morgan fingerprint density at radius 3 is 2.43 bits per heavy atom. The minimum atomic E-state index is -4.28. The summed E-state index contributed by atoms with van der Waals surface area (Å²) in [5, 5.41) is 8.84. The molecule has 0 radical (unpaired) electrons. The zero-order valence-electron chi connectivity index (χ0n) is 11.5. The first-order valence-corrected chi connectivity index (χ1v) is 7.22. The molecule has 1 rings (SSSR count). The fourth-order valence-corrected chi connectivity index (χ4v) is 3.05. The van der Waals surface area contributed by atoms with Crippen LogP contribution in [0.25, 0.3) is 0 Å². The zero-order valence-corrected chi connectivity index (χ0v) is 12.3. The van der Waals surface area contributed by atoms with Crippen molar-refractivity contribution in [2.24, 2.45) is 0 Å². The third kappa shape index (κ3) is 3.76. The lowest BCUT2D eigenvalue weighted by Gasteiger charge is -2.14. The Balaban J connectivity index is 3.31. The Bertz CT molecular complexity index is 685. The van der Waals surface area contributed by atoms with E-state index in [2.05, 4.69) is 4.74 Å². The topological polar surface area (TPSA) is 110 Å². The third-order valence-electron chi connectivity index (χ3n) is 2.72. The van der Waals surface area contributed by atoms with Crippen LogP contribution in [0.1, 0.15) is 22.8 Å². The number of aromatic carboxylic acids is 1. The van der Waals surface area contributed by atoms with E-state index in [4.69, 9.17) is 5.11 Å². The smallest absolute Gasteiger partial charge is 0.335 e. The Hall–Kier alpha value is -2.00. The van der Waals surface area contributed by atoms with Gasteiger partial charge in [0, 0.05) is 5.56 Å². The minimum absolute atomic E-state index is 0.246. The number of benzene rings is 1. The van der Waals surface area contributed by atoms with E-state index in [9.17, 15) is 22.4 Å². The van der Waals surface area contributed by atoms with Gasteiger partial charge in [0.25, 0.3) is 0 Å². The molecule has 0 aliphatic rings. The van der Waals surface area contributed by atoms with Crippen molar-refractivity contribution in [3.8, 4) is 0 Å². The van der Waals surface area contributed by atoms with Crippen LogP contribution in [0.5, 0.6) is 0 Å². The number of carbonyl (C=O) groups excluding carboxylic acids is 1. The normalized spacial score (nSPS) is 12.8. The van der Waals surface area contributed by atoms with Gasteiger partial charge in [-0.15, -0.1) is 0 Å². The summed E-state index contributed by atoms with van der Waals surface area (Å²) in [5.41, 5.74) is -0.756. The Kier molecular flexibility index (Phi) is 5.02. The van der Waals surface area contributed by atoms with Crippen LogP contribution in [0.4, 0.5) is 4.39 Å². The molecule has 0 aromatic heterocycles. The van der Waals surface area contributed by atoms with Crippen molar-refractivity contribution in [1.29, 1.82) is 0 Å². The number of halogens is 1. The highest BCUT2D eigenvalue weighted by Gasteiger charge is 2.26. The van der Waals surface area contributed by atoms with E-state index in [1.165, 1.54) is 13.8 Å². The monoisotopic (exact) mass is 319 g/mol. The third-order valence-corrected chi connectivity index (χ3v) is 4.39. The number of carboxylic acid groups (broad SMARTS) is 1. The fourth-order valence-electron chi connectivity index (χ4n) is 1.58. The number of rotatable bonds is 5. The molecule has 0 fully saturated rings. The summed E-state index contributed by atoms with van der Waals surface area (Å²) in [6.45, 7) is 2.44. The zero-order chi connectivity index (χ0) is 16.4. The second-order valence-electron chi connectivity index (χ2n) is 4.25. The van der Waals surface area contributed by atoms with E-state index in [1.54, 1.807) is 0 Å². The van der Waals surface area contributed by atoms with Crippen molar-refractivity contribution >= 4 is 22.0 Å². The quantitative estimate of drug-likeness (QED) is 0.772. The first-order valence-electron chi connectivity index (χ1n) is 5.73. The van der Waals surface area contributed by atoms with Crippen molar-refractivity contribution in [2.45, 2.75) is 24.8 Å². The Morgan fingerprint density at radius 1 is 1.38 bits per heavy atom. The van der Waals surface area contributed by atoms with Gasteiger partial charge in [0.1, 0.15) is 11.9 Å². The molecule has 2 N–H and O–H groups in total. The highest BCUT2D eigenvalue weighted by atomic mass is 32.2. The number of ether oxygens (including phenoxy) is 1. The first kappa shape index (κ1) is 17.1. The summed E-state index contributed by atoms with van der Waals surface area (Å²) < 4.78 is 44.3. The van der Waals surface area contributed by atoms with Crippen LogP contribution in [0.2, 0.25) is 0 Å². The highest BCUT2D eigenvalue weighted by Crippen LogP contribution is 2.21. The van der Waals surface area contributed by atoms with Crippen molar-refractivity contribution in [1.82, 2.24) is 4.72 Å². The lowest BCUT2D eigenvalue weighted by Crippen LogP contribution is -2.39. The number of nitrogens with one attached hydrogen (secondary N) is 1. The van der Waals surface area contributed by atoms with E-state index >= 15 is 0 Å². The molecule has 7 nitrogen and oxygen atoms in total. The molecule has 9 heteroatoms. The number of sulfonamides is 1. The molecule has 0 saturated carbocycles. The van der Waals surface area contributed by atoms with Gasteiger partial charge in [-0.3, -0.25) is 4.79 Å². The van der Waals surface area contributed by atoms with Crippen LogP contribution >= 0.6 is 0 Å².